The topological polar surface area (TPSA) is 60.7 Å². The summed E-state index contributed by atoms with van der Waals surface area (Å²) in [4.78, 5) is 10.8. The SMILES string of the molecule is COc1ccc(-n2ccc(C(F)(F)F)c2COc2ccc(CCC(=O)O)c(C)c2C)cc1. The normalized spacial score (nSPS) is 11.4. The quantitative estimate of drug-likeness (QED) is 0.480. The molecule has 3 rings (SSSR count). The van der Waals surface area contributed by atoms with Gasteiger partial charge in [-0.3, -0.25) is 4.79 Å². The Morgan fingerprint density at radius 3 is 2.31 bits per heavy atom. The Kier molecular flexibility index (Phi) is 6.81. The zero-order chi connectivity index (χ0) is 23.5. The molecule has 0 unspecified atom stereocenters. The molecule has 0 fully saturated rings. The molecule has 0 saturated carbocycles. The monoisotopic (exact) mass is 447 g/mol. The Bertz CT molecular complexity index is 1100. The van der Waals surface area contributed by atoms with Crippen LogP contribution in [0.25, 0.3) is 5.69 Å². The zero-order valence-corrected chi connectivity index (χ0v) is 18.0. The van der Waals surface area contributed by atoms with E-state index in [0.29, 0.717) is 23.6 Å². The van der Waals surface area contributed by atoms with E-state index in [2.05, 4.69) is 0 Å². The Labute approximate surface area is 184 Å². The van der Waals surface area contributed by atoms with Crippen molar-refractivity contribution in [2.75, 3.05) is 7.11 Å². The summed E-state index contributed by atoms with van der Waals surface area (Å²) in [5, 5.41) is 8.89. The van der Waals surface area contributed by atoms with Crippen LogP contribution in [0, 0.1) is 13.8 Å². The van der Waals surface area contributed by atoms with E-state index < -0.39 is 17.7 Å². The van der Waals surface area contributed by atoms with Gasteiger partial charge in [0.1, 0.15) is 18.1 Å². The fraction of sp³-hybridized carbons (Fsp3) is 0.292. The number of hydrogen-bond acceptors (Lipinski definition) is 3. The lowest BCUT2D eigenvalue weighted by Crippen LogP contribution is -2.13. The van der Waals surface area contributed by atoms with Crippen LogP contribution in [-0.2, 0) is 24.0 Å². The van der Waals surface area contributed by atoms with E-state index in [1.54, 1.807) is 36.4 Å². The molecule has 8 heteroatoms. The molecule has 0 saturated heterocycles. The Balaban J connectivity index is 1.90. The van der Waals surface area contributed by atoms with Gasteiger partial charge in [-0.05, 0) is 73.4 Å². The summed E-state index contributed by atoms with van der Waals surface area (Å²) >= 11 is 0. The second-order valence-electron chi connectivity index (χ2n) is 7.40. The van der Waals surface area contributed by atoms with Gasteiger partial charge in [-0.1, -0.05) is 6.07 Å². The first-order valence-electron chi connectivity index (χ1n) is 9.97. The molecule has 0 spiro atoms. The van der Waals surface area contributed by atoms with Crippen LogP contribution in [0.3, 0.4) is 0 Å². The minimum Gasteiger partial charge on any atom is -0.497 e. The smallest absolute Gasteiger partial charge is 0.418 e. The van der Waals surface area contributed by atoms with Crippen LogP contribution < -0.4 is 9.47 Å². The lowest BCUT2D eigenvalue weighted by Gasteiger charge is -2.17. The molecule has 0 atom stereocenters. The second-order valence-corrected chi connectivity index (χ2v) is 7.40. The van der Waals surface area contributed by atoms with E-state index in [1.807, 2.05) is 13.8 Å². The first-order valence-corrected chi connectivity index (χ1v) is 9.97. The molecule has 1 N–H and O–H groups in total. The van der Waals surface area contributed by atoms with Gasteiger partial charge >= 0.3 is 12.1 Å². The third kappa shape index (κ3) is 5.07. The molecule has 0 amide bonds. The minimum atomic E-state index is -4.53. The second kappa shape index (κ2) is 9.38. The van der Waals surface area contributed by atoms with E-state index in [4.69, 9.17) is 14.6 Å². The van der Waals surface area contributed by atoms with E-state index in [9.17, 15) is 18.0 Å². The van der Waals surface area contributed by atoms with Crippen LogP contribution in [0.15, 0.2) is 48.7 Å². The largest absolute Gasteiger partial charge is 0.497 e. The average molecular weight is 447 g/mol. The maximum atomic E-state index is 13.6. The molecule has 0 radical (unpaired) electrons. The van der Waals surface area contributed by atoms with Gasteiger partial charge in [-0.25, -0.2) is 0 Å². The molecule has 170 valence electrons. The number of ether oxygens (including phenoxy) is 2. The highest BCUT2D eigenvalue weighted by molar-refractivity contribution is 5.67. The number of carbonyl (C=O) groups is 1. The number of benzene rings is 2. The number of rotatable bonds is 8. The van der Waals surface area contributed by atoms with Gasteiger partial charge in [-0.15, -0.1) is 0 Å². The van der Waals surface area contributed by atoms with Crippen molar-refractivity contribution in [2.45, 2.75) is 39.5 Å². The van der Waals surface area contributed by atoms with Gasteiger partial charge in [0.2, 0.25) is 0 Å². The number of aromatic nitrogens is 1. The fourth-order valence-corrected chi connectivity index (χ4v) is 3.52. The Hall–Kier alpha value is -3.42. The van der Waals surface area contributed by atoms with Crippen molar-refractivity contribution in [3.8, 4) is 17.2 Å². The van der Waals surface area contributed by atoms with Crippen LogP contribution in [0.2, 0.25) is 0 Å². The van der Waals surface area contributed by atoms with E-state index in [0.717, 1.165) is 22.8 Å². The molecule has 0 bridgehead atoms. The van der Waals surface area contributed by atoms with Gasteiger partial charge in [0.05, 0.1) is 18.4 Å². The number of carboxylic acids is 1. The number of carboxylic acid groups (broad SMARTS) is 1. The average Bonchev–Trinajstić information content (AvgIpc) is 3.18. The van der Waals surface area contributed by atoms with Crippen molar-refractivity contribution in [1.29, 1.82) is 0 Å². The lowest BCUT2D eigenvalue weighted by molar-refractivity contribution is -0.139. The van der Waals surface area contributed by atoms with Crippen molar-refractivity contribution >= 4 is 5.97 Å². The highest BCUT2D eigenvalue weighted by atomic mass is 19.4. The molecule has 2 aromatic carbocycles. The first-order chi connectivity index (χ1) is 15.1. The molecule has 5 nitrogen and oxygen atoms in total. The maximum absolute atomic E-state index is 13.6. The standard InChI is InChI=1S/C24H24F3NO4/c1-15-16(2)22(10-4-17(15)5-11-23(29)30)32-14-21-20(24(25,26)27)12-13-28(21)18-6-8-19(31-3)9-7-18/h4,6-10,12-13H,5,11,14H2,1-3H3,(H,29,30). The van der Waals surface area contributed by atoms with E-state index >= 15 is 0 Å². The van der Waals surface area contributed by atoms with Gasteiger partial charge < -0.3 is 19.1 Å². The predicted molar refractivity (Wildman–Crippen MR) is 114 cm³/mol. The van der Waals surface area contributed by atoms with E-state index in [1.165, 1.54) is 17.9 Å². The van der Waals surface area contributed by atoms with Crippen molar-refractivity contribution < 1.29 is 32.5 Å². The lowest BCUT2D eigenvalue weighted by atomic mass is 9.99. The molecule has 0 aliphatic heterocycles. The van der Waals surface area contributed by atoms with Crippen molar-refractivity contribution in [2.24, 2.45) is 0 Å². The van der Waals surface area contributed by atoms with Crippen LogP contribution >= 0.6 is 0 Å². The molecular formula is C24H24F3NO4. The van der Waals surface area contributed by atoms with Gasteiger partial charge in [0, 0.05) is 18.3 Å². The number of alkyl halides is 3. The van der Waals surface area contributed by atoms with Crippen molar-refractivity contribution in [3.63, 3.8) is 0 Å². The first kappa shape index (κ1) is 23.2. The van der Waals surface area contributed by atoms with Gasteiger partial charge in [0.15, 0.2) is 0 Å². The number of hydrogen-bond donors (Lipinski definition) is 1. The summed E-state index contributed by atoms with van der Waals surface area (Å²) in [7, 11) is 1.52. The highest BCUT2D eigenvalue weighted by Crippen LogP contribution is 2.35. The van der Waals surface area contributed by atoms with E-state index in [-0.39, 0.29) is 18.7 Å². The van der Waals surface area contributed by atoms with Gasteiger partial charge in [-0.2, -0.15) is 13.2 Å². The maximum Gasteiger partial charge on any atom is 0.418 e. The van der Waals surface area contributed by atoms with Crippen LogP contribution in [0.5, 0.6) is 11.5 Å². The Morgan fingerprint density at radius 1 is 1.03 bits per heavy atom. The summed E-state index contributed by atoms with van der Waals surface area (Å²) in [5.41, 5.74) is 2.27. The summed E-state index contributed by atoms with van der Waals surface area (Å²) in [5.74, 6) is 0.169. The highest BCUT2D eigenvalue weighted by Gasteiger charge is 2.35. The molecule has 0 aliphatic carbocycles. The van der Waals surface area contributed by atoms with Crippen LogP contribution in [0.4, 0.5) is 13.2 Å². The van der Waals surface area contributed by atoms with Crippen molar-refractivity contribution in [1.82, 2.24) is 4.57 Å². The van der Waals surface area contributed by atoms with Crippen LogP contribution in [0.1, 0.15) is 34.4 Å². The number of aryl methyl sites for hydroxylation is 1. The molecule has 1 heterocycles. The number of aliphatic carboxylic acids is 1. The predicted octanol–water partition coefficient (Wildman–Crippen LogP) is 5.72. The summed E-state index contributed by atoms with van der Waals surface area (Å²) in [6.07, 6.45) is -2.77. The third-order valence-electron chi connectivity index (χ3n) is 5.47. The van der Waals surface area contributed by atoms with Crippen molar-refractivity contribution in [3.05, 3.63) is 76.6 Å². The summed E-state index contributed by atoms with van der Waals surface area (Å²) < 4.78 is 53.3. The van der Waals surface area contributed by atoms with Crippen LogP contribution in [-0.4, -0.2) is 22.8 Å². The number of halogens is 3. The molecule has 3 aromatic rings. The molecule has 0 aliphatic rings. The summed E-state index contributed by atoms with van der Waals surface area (Å²) in [6, 6.07) is 11.2. The third-order valence-corrected chi connectivity index (χ3v) is 5.47. The summed E-state index contributed by atoms with van der Waals surface area (Å²) in [6.45, 7) is 3.37. The number of methoxy groups -OCH3 is 1. The number of nitrogens with zero attached hydrogens (tertiary/aromatic N) is 1. The zero-order valence-electron chi connectivity index (χ0n) is 18.0. The minimum absolute atomic E-state index is 0.00476. The Morgan fingerprint density at radius 2 is 1.72 bits per heavy atom. The molecule has 32 heavy (non-hydrogen) atoms. The fourth-order valence-electron chi connectivity index (χ4n) is 3.52. The molecular weight excluding hydrogens is 423 g/mol. The molecule has 1 aromatic heterocycles. The van der Waals surface area contributed by atoms with Gasteiger partial charge in [0.25, 0.3) is 0 Å².